The minimum atomic E-state index is -1.73. The summed E-state index contributed by atoms with van der Waals surface area (Å²) in [6, 6.07) is 0. The van der Waals surface area contributed by atoms with Gasteiger partial charge in [-0.2, -0.15) is 0 Å². The summed E-state index contributed by atoms with van der Waals surface area (Å²) in [5.74, 6) is -0.988. The van der Waals surface area contributed by atoms with E-state index < -0.39 is 8.32 Å². The quantitative estimate of drug-likeness (QED) is 0.221. The average Bonchev–Trinajstić information content (AvgIpc) is 2.71. The number of rotatable bonds is 11. The van der Waals surface area contributed by atoms with Crippen LogP contribution >= 0.6 is 0 Å². The van der Waals surface area contributed by atoms with Crippen molar-refractivity contribution >= 4 is 20.3 Å². The fraction of sp³-hybridized carbons (Fsp3) is 0.913. The Morgan fingerprint density at radius 1 is 1.04 bits per heavy atom. The molecule has 5 heteroatoms. The number of carbonyl (C=O) groups excluding carboxylic acids is 2. The van der Waals surface area contributed by atoms with E-state index in [4.69, 9.17) is 9.16 Å². The summed E-state index contributed by atoms with van der Waals surface area (Å²) in [6.45, 7) is 20.7. The van der Waals surface area contributed by atoms with E-state index in [0.717, 1.165) is 19.3 Å². The van der Waals surface area contributed by atoms with Crippen molar-refractivity contribution in [1.82, 2.24) is 0 Å². The Bertz CT molecular complexity index is 546. The van der Waals surface area contributed by atoms with Gasteiger partial charge in [0.05, 0.1) is 17.9 Å². The molecule has 0 saturated carbocycles. The Morgan fingerprint density at radius 3 is 2.07 bits per heavy atom. The molecule has 1 heterocycles. The molecule has 1 fully saturated rings. The molecular formula is C23H44O4Si. The molecule has 0 radical (unpaired) electrons. The SMILES string of the molecule is CCCC(C)(CC(C)(C)C)CC(C)(CCCC1CC(=O)OC1=O)O[Si](C)(C)C. The van der Waals surface area contributed by atoms with Gasteiger partial charge in [0, 0.05) is 0 Å². The van der Waals surface area contributed by atoms with Crippen LogP contribution in [0.15, 0.2) is 0 Å². The second-order valence-corrected chi connectivity index (χ2v) is 16.2. The van der Waals surface area contributed by atoms with E-state index in [2.05, 4.69) is 61.2 Å². The van der Waals surface area contributed by atoms with Crippen LogP contribution in [0.5, 0.6) is 0 Å². The molecule has 1 aliphatic rings. The van der Waals surface area contributed by atoms with Gasteiger partial charge in [-0.15, -0.1) is 0 Å². The van der Waals surface area contributed by atoms with Crippen molar-refractivity contribution in [1.29, 1.82) is 0 Å². The van der Waals surface area contributed by atoms with Gasteiger partial charge in [-0.05, 0) is 75.9 Å². The maximum atomic E-state index is 11.8. The monoisotopic (exact) mass is 412 g/mol. The average molecular weight is 413 g/mol. The third-order valence-electron chi connectivity index (χ3n) is 5.38. The Balaban J connectivity index is 2.89. The van der Waals surface area contributed by atoms with Crippen LogP contribution in [0, 0.1) is 16.7 Å². The molecule has 0 amide bonds. The molecule has 0 aromatic carbocycles. The Hall–Kier alpha value is -0.683. The van der Waals surface area contributed by atoms with Crippen LogP contribution < -0.4 is 0 Å². The molecule has 0 aliphatic carbocycles. The van der Waals surface area contributed by atoms with Crippen LogP contribution in [0.25, 0.3) is 0 Å². The van der Waals surface area contributed by atoms with E-state index >= 15 is 0 Å². The number of hydrogen-bond donors (Lipinski definition) is 0. The molecule has 0 N–H and O–H groups in total. The van der Waals surface area contributed by atoms with Crippen molar-refractivity contribution in [3.05, 3.63) is 0 Å². The minimum absolute atomic E-state index is 0.202. The molecular weight excluding hydrogens is 368 g/mol. The zero-order chi connectivity index (χ0) is 21.8. The molecule has 164 valence electrons. The van der Waals surface area contributed by atoms with Gasteiger partial charge in [0.1, 0.15) is 0 Å². The topological polar surface area (TPSA) is 52.6 Å². The standard InChI is InChI=1S/C23H44O4Si/c1-10-13-22(5,16-21(2,3)4)17-23(6,27-28(7,8)9)14-11-12-18-15-19(24)26-20(18)25/h18H,10-17H2,1-9H3. The molecule has 3 unspecified atom stereocenters. The van der Waals surface area contributed by atoms with Crippen molar-refractivity contribution in [2.75, 3.05) is 0 Å². The van der Waals surface area contributed by atoms with E-state index in [0.29, 0.717) is 6.42 Å². The number of esters is 2. The molecule has 0 bridgehead atoms. The van der Waals surface area contributed by atoms with Gasteiger partial charge >= 0.3 is 11.9 Å². The summed E-state index contributed by atoms with van der Waals surface area (Å²) >= 11 is 0. The van der Waals surface area contributed by atoms with Crippen LogP contribution in [-0.2, 0) is 18.8 Å². The minimum Gasteiger partial charge on any atom is -0.412 e. The number of carbonyl (C=O) groups is 2. The maximum Gasteiger partial charge on any atom is 0.317 e. The molecule has 28 heavy (non-hydrogen) atoms. The van der Waals surface area contributed by atoms with Crippen molar-refractivity contribution < 1.29 is 18.8 Å². The lowest BCUT2D eigenvalue weighted by Crippen LogP contribution is -2.44. The van der Waals surface area contributed by atoms with Crippen molar-refractivity contribution in [3.8, 4) is 0 Å². The fourth-order valence-electron chi connectivity index (χ4n) is 5.40. The maximum absolute atomic E-state index is 11.8. The highest BCUT2D eigenvalue weighted by Gasteiger charge is 2.41. The fourth-order valence-corrected chi connectivity index (χ4v) is 7.06. The van der Waals surface area contributed by atoms with E-state index in [1.807, 2.05) is 0 Å². The van der Waals surface area contributed by atoms with Gasteiger partial charge in [-0.25, -0.2) is 0 Å². The zero-order valence-corrected chi connectivity index (χ0v) is 20.9. The lowest BCUT2D eigenvalue weighted by Gasteiger charge is -2.45. The lowest BCUT2D eigenvalue weighted by atomic mass is 9.67. The number of hydrogen-bond acceptors (Lipinski definition) is 4. The van der Waals surface area contributed by atoms with E-state index in [1.165, 1.54) is 19.3 Å². The molecule has 1 rings (SSSR count). The van der Waals surface area contributed by atoms with E-state index in [9.17, 15) is 9.59 Å². The summed E-state index contributed by atoms with van der Waals surface area (Å²) < 4.78 is 11.5. The largest absolute Gasteiger partial charge is 0.412 e. The smallest absolute Gasteiger partial charge is 0.317 e. The predicted octanol–water partition coefficient (Wildman–Crippen LogP) is 6.49. The predicted molar refractivity (Wildman–Crippen MR) is 118 cm³/mol. The molecule has 1 aliphatic heterocycles. The van der Waals surface area contributed by atoms with Gasteiger partial charge in [-0.1, -0.05) is 41.0 Å². The van der Waals surface area contributed by atoms with Crippen molar-refractivity contribution in [3.63, 3.8) is 0 Å². The van der Waals surface area contributed by atoms with Crippen LogP contribution in [0.4, 0.5) is 0 Å². The highest BCUT2D eigenvalue weighted by atomic mass is 28.4. The van der Waals surface area contributed by atoms with Crippen LogP contribution in [0.1, 0.15) is 92.9 Å². The first-order valence-corrected chi connectivity index (χ1v) is 14.4. The highest BCUT2D eigenvalue weighted by molar-refractivity contribution is 6.69. The van der Waals surface area contributed by atoms with Gasteiger partial charge in [0.2, 0.25) is 0 Å². The first-order chi connectivity index (χ1) is 12.6. The molecule has 0 aromatic heterocycles. The normalized spacial score (nSPS) is 22.7. The first-order valence-electron chi connectivity index (χ1n) is 11.0. The summed E-state index contributed by atoms with van der Waals surface area (Å²) in [6.07, 6.45) is 7.31. The molecule has 1 saturated heterocycles. The molecule has 4 nitrogen and oxygen atoms in total. The van der Waals surface area contributed by atoms with Gasteiger partial charge in [0.25, 0.3) is 0 Å². The second-order valence-electron chi connectivity index (χ2n) is 11.7. The summed E-state index contributed by atoms with van der Waals surface area (Å²) in [7, 11) is -1.73. The van der Waals surface area contributed by atoms with E-state index in [1.54, 1.807) is 0 Å². The van der Waals surface area contributed by atoms with Gasteiger partial charge < -0.3 is 9.16 Å². The zero-order valence-electron chi connectivity index (χ0n) is 19.9. The Labute approximate surface area is 174 Å². The summed E-state index contributed by atoms with van der Waals surface area (Å²) in [4.78, 5) is 23.1. The summed E-state index contributed by atoms with van der Waals surface area (Å²) in [5, 5.41) is 0. The lowest BCUT2D eigenvalue weighted by molar-refractivity contribution is -0.153. The third kappa shape index (κ3) is 9.21. The molecule has 0 spiro atoms. The van der Waals surface area contributed by atoms with Crippen LogP contribution in [-0.4, -0.2) is 25.9 Å². The highest BCUT2D eigenvalue weighted by Crippen LogP contribution is 2.46. The van der Waals surface area contributed by atoms with Crippen LogP contribution in [0.2, 0.25) is 19.6 Å². The number of ether oxygens (including phenoxy) is 1. The van der Waals surface area contributed by atoms with Crippen molar-refractivity contribution in [2.45, 2.75) is 118 Å². The number of cyclic esters (lactones) is 2. The molecule has 0 aromatic rings. The van der Waals surface area contributed by atoms with Gasteiger partial charge in [0.15, 0.2) is 8.32 Å². The Morgan fingerprint density at radius 2 is 1.64 bits per heavy atom. The Kier molecular flexibility index (Phi) is 8.53. The van der Waals surface area contributed by atoms with Crippen LogP contribution in [0.3, 0.4) is 0 Å². The van der Waals surface area contributed by atoms with Gasteiger partial charge in [-0.3, -0.25) is 9.59 Å². The third-order valence-corrected chi connectivity index (χ3v) is 6.49. The first kappa shape index (κ1) is 25.4. The van der Waals surface area contributed by atoms with E-state index in [-0.39, 0.29) is 40.7 Å². The molecule has 3 atom stereocenters. The summed E-state index contributed by atoms with van der Waals surface area (Å²) in [5.41, 5.74) is 0.299. The van der Waals surface area contributed by atoms with Crippen molar-refractivity contribution in [2.24, 2.45) is 16.7 Å². The second kappa shape index (κ2) is 9.42.